The van der Waals surface area contributed by atoms with Crippen molar-refractivity contribution in [3.8, 4) is 5.88 Å². The van der Waals surface area contributed by atoms with Gasteiger partial charge in [-0.05, 0) is 23.4 Å². The lowest BCUT2D eigenvalue weighted by Crippen LogP contribution is -2.51. The van der Waals surface area contributed by atoms with E-state index in [2.05, 4.69) is 5.18 Å². The van der Waals surface area contributed by atoms with E-state index in [4.69, 9.17) is 17.4 Å². The van der Waals surface area contributed by atoms with E-state index in [1.807, 2.05) is 0 Å². The van der Waals surface area contributed by atoms with Crippen molar-refractivity contribution in [2.75, 3.05) is 26.2 Å². The molecule has 0 atom stereocenters. The van der Waals surface area contributed by atoms with E-state index in [-0.39, 0.29) is 24.0 Å². The molecule has 9 heteroatoms. The van der Waals surface area contributed by atoms with Gasteiger partial charge in [0.05, 0.1) is 5.52 Å². The molecule has 0 aliphatic carbocycles. The van der Waals surface area contributed by atoms with Crippen LogP contribution in [0, 0.1) is 4.91 Å². The molecule has 2 aromatic rings. The maximum Gasteiger partial charge on any atom is 0.242 e. The number of carbonyl (C=O) groups is 1. The molecule has 0 radical (unpaired) electrons. The monoisotopic (exact) mass is 337 g/mol. The van der Waals surface area contributed by atoms with Crippen molar-refractivity contribution in [2.45, 2.75) is 6.54 Å². The number of benzene rings is 1. The molecule has 1 fully saturated rings. The average Bonchev–Trinajstić information content (AvgIpc) is 2.79. The fraction of sp³-hybridized carbons (Fsp3) is 0.357. The maximum absolute atomic E-state index is 12.4. The van der Waals surface area contributed by atoms with Crippen molar-refractivity contribution in [3.05, 3.63) is 28.1 Å². The van der Waals surface area contributed by atoms with Crippen molar-refractivity contribution in [3.63, 3.8) is 0 Å². The zero-order valence-corrected chi connectivity index (χ0v) is 13.0. The SMILES string of the molecule is NN1CCN(C(=O)Cn2c(O)c(N=O)c3ccc(Cl)cc32)CC1. The van der Waals surface area contributed by atoms with Crippen LogP contribution in [0.5, 0.6) is 5.88 Å². The Labute approximate surface area is 136 Å². The number of nitrogens with zero attached hydrogens (tertiary/aromatic N) is 4. The zero-order valence-electron chi connectivity index (χ0n) is 12.3. The van der Waals surface area contributed by atoms with Crippen molar-refractivity contribution in [2.24, 2.45) is 11.0 Å². The number of fused-ring (bicyclic) bond motifs is 1. The Morgan fingerprint density at radius 3 is 2.65 bits per heavy atom. The van der Waals surface area contributed by atoms with Crippen molar-refractivity contribution < 1.29 is 9.90 Å². The van der Waals surface area contributed by atoms with Crippen LogP contribution in [0.4, 0.5) is 5.69 Å². The topological polar surface area (TPSA) is 104 Å². The van der Waals surface area contributed by atoms with Crippen LogP contribution in [0.1, 0.15) is 0 Å². The second-order valence-corrected chi connectivity index (χ2v) is 5.86. The predicted octanol–water partition coefficient (Wildman–Crippen LogP) is 1.42. The number of aromatic nitrogens is 1. The third-order valence-electron chi connectivity index (χ3n) is 4.02. The Morgan fingerprint density at radius 1 is 1.30 bits per heavy atom. The molecule has 1 saturated heterocycles. The summed E-state index contributed by atoms with van der Waals surface area (Å²) in [5.74, 6) is 5.18. The van der Waals surface area contributed by atoms with Crippen LogP contribution in [0.2, 0.25) is 5.02 Å². The Hall–Kier alpha value is -2.16. The number of amides is 1. The number of nitroso groups, excluding NO2 is 1. The minimum Gasteiger partial charge on any atom is -0.493 e. The number of piperazine rings is 1. The third kappa shape index (κ3) is 2.88. The average molecular weight is 338 g/mol. The first-order chi connectivity index (χ1) is 11.0. The van der Waals surface area contributed by atoms with E-state index in [9.17, 15) is 14.8 Å². The quantitative estimate of drug-likeness (QED) is 0.651. The molecule has 0 saturated carbocycles. The fourth-order valence-corrected chi connectivity index (χ4v) is 2.91. The largest absolute Gasteiger partial charge is 0.493 e. The number of hydrazine groups is 1. The van der Waals surface area contributed by atoms with E-state index >= 15 is 0 Å². The number of halogens is 1. The van der Waals surface area contributed by atoms with Crippen LogP contribution in [0.15, 0.2) is 23.4 Å². The summed E-state index contributed by atoms with van der Waals surface area (Å²) in [6, 6.07) is 4.79. The Kier molecular flexibility index (Phi) is 4.20. The summed E-state index contributed by atoms with van der Waals surface area (Å²) >= 11 is 5.98. The number of nitrogens with two attached hydrogens (primary N) is 1. The Bertz CT molecular complexity index is 767. The maximum atomic E-state index is 12.4. The highest BCUT2D eigenvalue weighted by Gasteiger charge is 2.24. The molecule has 0 bridgehead atoms. The molecular weight excluding hydrogens is 322 g/mol. The predicted molar refractivity (Wildman–Crippen MR) is 86.4 cm³/mol. The van der Waals surface area contributed by atoms with Gasteiger partial charge in [0.25, 0.3) is 0 Å². The van der Waals surface area contributed by atoms with Gasteiger partial charge in [-0.2, -0.15) is 0 Å². The fourth-order valence-electron chi connectivity index (χ4n) is 2.75. The van der Waals surface area contributed by atoms with Gasteiger partial charge in [0.1, 0.15) is 6.54 Å². The number of rotatable bonds is 3. The van der Waals surface area contributed by atoms with Gasteiger partial charge in [-0.3, -0.25) is 10.6 Å². The van der Waals surface area contributed by atoms with E-state index < -0.39 is 0 Å². The first-order valence-corrected chi connectivity index (χ1v) is 7.50. The van der Waals surface area contributed by atoms with Gasteiger partial charge in [-0.1, -0.05) is 11.6 Å². The molecule has 23 heavy (non-hydrogen) atoms. The Morgan fingerprint density at radius 2 is 2.00 bits per heavy atom. The first kappa shape index (κ1) is 15.7. The molecule has 3 N–H and O–H groups in total. The molecule has 1 aromatic carbocycles. The molecule has 2 heterocycles. The summed E-state index contributed by atoms with van der Waals surface area (Å²) < 4.78 is 1.36. The van der Waals surface area contributed by atoms with Gasteiger partial charge >= 0.3 is 0 Å². The summed E-state index contributed by atoms with van der Waals surface area (Å²) in [6.07, 6.45) is 0. The minimum absolute atomic E-state index is 0.0868. The number of hydrogen-bond donors (Lipinski definition) is 2. The summed E-state index contributed by atoms with van der Waals surface area (Å²) in [4.78, 5) is 25.1. The lowest BCUT2D eigenvalue weighted by Gasteiger charge is -2.32. The highest BCUT2D eigenvalue weighted by Crippen LogP contribution is 2.39. The number of aromatic hydroxyl groups is 1. The lowest BCUT2D eigenvalue weighted by molar-refractivity contribution is -0.133. The summed E-state index contributed by atoms with van der Waals surface area (Å²) in [7, 11) is 0. The summed E-state index contributed by atoms with van der Waals surface area (Å²) in [5, 5.41) is 15.6. The summed E-state index contributed by atoms with van der Waals surface area (Å²) in [5.41, 5.74) is 0.409. The number of hydrogen-bond acceptors (Lipinski definition) is 6. The van der Waals surface area contributed by atoms with Crippen LogP contribution < -0.4 is 5.84 Å². The molecule has 3 rings (SSSR count). The van der Waals surface area contributed by atoms with Crippen LogP contribution in [-0.4, -0.2) is 51.7 Å². The highest BCUT2D eigenvalue weighted by molar-refractivity contribution is 6.31. The van der Waals surface area contributed by atoms with Gasteiger partial charge in [0.15, 0.2) is 5.69 Å². The second-order valence-electron chi connectivity index (χ2n) is 5.43. The third-order valence-corrected chi connectivity index (χ3v) is 4.26. The van der Waals surface area contributed by atoms with Gasteiger partial charge in [0, 0.05) is 36.6 Å². The van der Waals surface area contributed by atoms with Crippen molar-refractivity contribution >= 4 is 34.1 Å². The zero-order chi connectivity index (χ0) is 16.6. The minimum atomic E-state index is -0.330. The van der Waals surface area contributed by atoms with Crippen molar-refractivity contribution in [1.29, 1.82) is 0 Å². The van der Waals surface area contributed by atoms with E-state index in [0.717, 1.165) is 0 Å². The lowest BCUT2D eigenvalue weighted by atomic mass is 10.2. The van der Waals surface area contributed by atoms with Gasteiger partial charge in [-0.15, -0.1) is 4.91 Å². The van der Waals surface area contributed by atoms with Gasteiger partial charge < -0.3 is 14.6 Å². The van der Waals surface area contributed by atoms with Crippen LogP contribution in [0.3, 0.4) is 0 Å². The van der Waals surface area contributed by atoms with Crippen LogP contribution >= 0.6 is 11.6 Å². The van der Waals surface area contributed by atoms with E-state index in [1.54, 1.807) is 28.1 Å². The summed E-state index contributed by atoms with van der Waals surface area (Å²) in [6.45, 7) is 2.14. The second kappa shape index (κ2) is 6.15. The molecule has 1 amide bonds. The Balaban J connectivity index is 1.93. The molecule has 1 aliphatic heterocycles. The standard InChI is InChI=1S/C14H16ClN5O3/c15-9-1-2-10-11(7-9)20(14(22)13(10)17-23)8-12(21)18-3-5-19(16)6-4-18/h1-2,7,22H,3-6,8,16H2. The first-order valence-electron chi connectivity index (χ1n) is 7.12. The van der Waals surface area contributed by atoms with Gasteiger partial charge in [0.2, 0.25) is 11.8 Å². The molecule has 122 valence electrons. The van der Waals surface area contributed by atoms with Crippen molar-refractivity contribution in [1.82, 2.24) is 14.5 Å². The van der Waals surface area contributed by atoms with E-state index in [1.165, 1.54) is 4.57 Å². The highest BCUT2D eigenvalue weighted by atomic mass is 35.5. The van der Waals surface area contributed by atoms with Gasteiger partial charge in [-0.25, -0.2) is 5.01 Å². The van der Waals surface area contributed by atoms with E-state index in [0.29, 0.717) is 42.1 Å². The molecule has 0 unspecified atom stereocenters. The molecule has 1 aliphatic rings. The molecule has 8 nitrogen and oxygen atoms in total. The van der Waals surface area contributed by atoms with Crippen LogP contribution in [-0.2, 0) is 11.3 Å². The molecule has 0 spiro atoms. The normalized spacial score (nSPS) is 16.0. The molecular formula is C14H16ClN5O3. The molecule has 1 aromatic heterocycles. The van der Waals surface area contributed by atoms with Crippen LogP contribution in [0.25, 0.3) is 10.9 Å². The smallest absolute Gasteiger partial charge is 0.242 e. The number of carbonyl (C=O) groups excluding carboxylic acids is 1.